The number of hydrogen-bond donors (Lipinski definition) is 3. The quantitative estimate of drug-likeness (QED) is 0.320. The highest BCUT2D eigenvalue weighted by molar-refractivity contribution is 7.80. The van der Waals surface area contributed by atoms with Crippen LogP contribution in [0.25, 0.3) is 0 Å². The van der Waals surface area contributed by atoms with Crippen molar-refractivity contribution in [2.45, 2.75) is 6.92 Å². The van der Waals surface area contributed by atoms with Gasteiger partial charge in [0.1, 0.15) is 12.4 Å². The van der Waals surface area contributed by atoms with Gasteiger partial charge in [0.2, 0.25) is 0 Å². The van der Waals surface area contributed by atoms with Crippen LogP contribution < -0.4 is 20.7 Å². The molecular formula is C25H25N3O4S. The van der Waals surface area contributed by atoms with Gasteiger partial charge in [0.15, 0.2) is 5.11 Å². The zero-order valence-corrected chi connectivity index (χ0v) is 19.0. The van der Waals surface area contributed by atoms with Crippen LogP contribution in [0.3, 0.4) is 0 Å². The number of hydrogen-bond acceptors (Lipinski definition) is 5. The second-order valence-corrected chi connectivity index (χ2v) is 7.29. The third-order valence-electron chi connectivity index (χ3n) is 4.46. The molecule has 8 heteroatoms. The second-order valence-electron chi connectivity index (χ2n) is 6.88. The summed E-state index contributed by atoms with van der Waals surface area (Å²) in [6, 6.07) is 22.8. The zero-order valence-electron chi connectivity index (χ0n) is 18.2. The summed E-state index contributed by atoms with van der Waals surface area (Å²) in [5.74, 6) is 0.0484. The molecule has 0 saturated heterocycles. The van der Waals surface area contributed by atoms with Crippen molar-refractivity contribution in [2.24, 2.45) is 0 Å². The van der Waals surface area contributed by atoms with E-state index < -0.39 is 0 Å². The molecule has 0 unspecified atom stereocenters. The fourth-order valence-electron chi connectivity index (χ4n) is 2.87. The molecule has 0 aliphatic rings. The van der Waals surface area contributed by atoms with Crippen LogP contribution in [0.1, 0.15) is 27.6 Å². The summed E-state index contributed by atoms with van der Waals surface area (Å²) in [5, 5.41) is 8.52. The molecule has 3 aromatic rings. The first-order valence-electron chi connectivity index (χ1n) is 10.4. The van der Waals surface area contributed by atoms with Crippen LogP contribution >= 0.6 is 12.2 Å². The summed E-state index contributed by atoms with van der Waals surface area (Å²) >= 11 is 5.25. The van der Waals surface area contributed by atoms with Crippen LogP contribution in [-0.4, -0.2) is 36.7 Å². The average molecular weight is 464 g/mol. The first-order chi connectivity index (χ1) is 16.0. The molecule has 0 aromatic heterocycles. The van der Waals surface area contributed by atoms with Gasteiger partial charge in [-0.2, -0.15) is 0 Å². The molecule has 170 valence electrons. The van der Waals surface area contributed by atoms with E-state index in [1.54, 1.807) is 48.5 Å². The summed E-state index contributed by atoms with van der Waals surface area (Å²) in [6.07, 6.45) is 0. The van der Waals surface area contributed by atoms with Crippen molar-refractivity contribution in [1.29, 1.82) is 0 Å². The Kier molecular flexibility index (Phi) is 8.93. The molecule has 0 atom stereocenters. The van der Waals surface area contributed by atoms with E-state index in [9.17, 15) is 9.59 Å². The normalized spacial score (nSPS) is 10.2. The standard InChI is InChI=1S/C25H25N3O4S/c1-2-31-15-16-32-22-13-11-18(12-14-22)23(29)28-25(33)27-21-10-6-7-19(17-21)24(30)26-20-8-4-3-5-9-20/h3-14,17H,2,15-16H2,1H3,(H,26,30)(H2,27,28,29,33). The van der Waals surface area contributed by atoms with Gasteiger partial charge in [-0.3, -0.25) is 14.9 Å². The minimum Gasteiger partial charge on any atom is -0.491 e. The predicted octanol–water partition coefficient (Wildman–Crippen LogP) is 4.48. The van der Waals surface area contributed by atoms with Gasteiger partial charge in [-0.15, -0.1) is 0 Å². The Morgan fingerprint density at radius 2 is 1.52 bits per heavy atom. The molecule has 0 bridgehead atoms. The highest BCUT2D eigenvalue weighted by Gasteiger charge is 2.10. The molecule has 33 heavy (non-hydrogen) atoms. The van der Waals surface area contributed by atoms with Gasteiger partial charge in [-0.05, 0) is 73.7 Å². The summed E-state index contributed by atoms with van der Waals surface area (Å²) < 4.78 is 10.8. The van der Waals surface area contributed by atoms with Crippen LogP contribution in [0, 0.1) is 0 Å². The average Bonchev–Trinajstić information content (AvgIpc) is 2.83. The van der Waals surface area contributed by atoms with Gasteiger partial charge in [-0.25, -0.2) is 0 Å². The topological polar surface area (TPSA) is 88.7 Å². The van der Waals surface area contributed by atoms with Crippen LogP contribution in [0.15, 0.2) is 78.9 Å². The first kappa shape index (κ1) is 23.9. The Morgan fingerprint density at radius 3 is 2.24 bits per heavy atom. The van der Waals surface area contributed by atoms with E-state index in [4.69, 9.17) is 21.7 Å². The lowest BCUT2D eigenvalue weighted by Gasteiger charge is -2.11. The third kappa shape index (κ3) is 7.71. The first-order valence-corrected chi connectivity index (χ1v) is 10.9. The lowest BCUT2D eigenvalue weighted by Crippen LogP contribution is -2.34. The lowest BCUT2D eigenvalue weighted by molar-refractivity contribution is 0.0975. The van der Waals surface area contributed by atoms with Crippen LogP contribution in [0.5, 0.6) is 5.75 Å². The Morgan fingerprint density at radius 1 is 0.788 bits per heavy atom. The van der Waals surface area contributed by atoms with Crippen molar-refractivity contribution in [3.63, 3.8) is 0 Å². The van der Waals surface area contributed by atoms with Crippen LogP contribution in [0.4, 0.5) is 11.4 Å². The number of anilines is 2. The number of para-hydroxylation sites is 1. The highest BCUT2D eigenvalue weighted by Crippen LogP contribution is 2.15. The summed E-state index contributed by atoms with van der Waals surface area (Å²) in [4.78, 5) is 25.0. The Bertz CT molecular complexity index is 1090. The largest absolute Gasteiger partial charge is 0.491 e. The number of amides is 2. The molecule has 3 rings (SSSR count). The molecule has 0 fully saturated rings. The third-order valence-corrected chi connectivity index (χ3v) is 4.66. The number of ether oxygens (including phenoxy) is 2. The summed E-state index contributed by atoms with van der Waals surface area (Å²) in [6.45, 7) is 3.51. The van der Waals surface area contributed by atoms with Gasteiger partial charge in [0, 0.05) is 29.1 Å². The van der Waals surface area contributed by atoms with E-state index in [0.717, 1.165) is 0 Å². The van der Waals surface area contributed by atoms with E-state index in [1.165, 1.54) is 0 Å². The monoisotopic (exact) mass is 463 g/mol. The maximum atomic E-state index is 12.5. The van der Waals surface area contributed by atoms with Gasteiger partial charge in [0.05, 0.1) is 6.61 Å². The minimum absolute atomic E-state index is 0.123. The van der Waals surface area contributed by atoms with Crippen molar-refractivity contribution in [3.05, 3.63) is 90.0 Å². The maximum absolute atomic E-state index is 12.5. The lowest BCUT2D eigenvalue weighted by atomic mass is 10.2. The van der Waals surface area contributed by atoms with Crippen molar-refractivity contribution in [2.75, 3.05) is 30.5 Å². The Balaban J connectivity index is 1.52. The molecule has 0 aliphatic carbocycles. The van der Waals surface area contributed by atoms with Gasteiger partial charge in [0.25, 0.3) is 11.8 Å². The van der Waals surface area contributed by atoms with E-state index in [2.05, 4.69) is 16.0 Å². The number of nitrogens with one attached hydrogen (secondary N) is 3. The molecule has 7 nitrogen and oxygen atoms in total. The molecule has 0 radical (unpaired) electrons. The SMILES string of the molecule is CCOCCOc1ccc(C(=O)NC(=S)Nc2cccc(C(=O)Nc3ccccc3)c2)cc1. The molecule has 3 N–H and O–H groups in total. The zero-order chi connectivity index (χ0) is 23.5. The fourth-order valence-corrected chi connectivity index (χ4v) is 3.08. The molecule has 0 heterocycles. The predicted molar refractivity (Wildman–Crippen MR) is 133 cm³/mol. The summed E-state index contributed by atoms with van der Waals surface area (Å²) in [7, 11) is 0. The van der Waals surface area contributed by atoms with Gasteiger partial charge in [-0.1, -0.05) is 24.3 Å². The molecule has 3 aromatic carbocycles. The minimum atomic E-state index is -0.355. The van der Waals surface area contributed by atoms with Crippen molar-refractivity contribution in [1.82, 2.24) is 5.32 Å². The van der Waals surface area contributed by atoms with E-state index >= 15 is 0 Å². The smallest absolute Gasteiger partial charge is 0.257 e. The van der Waals surface area contributed by atoms with Crippen molar-refractivity contribution >= 4 is 40.5 Å². The van der Waals surface area contributed by atoms with Crippen molar-refractivity contribution in [3.8, 4) is 5.75 Å². The maximum Gasteiger partial charge on any atom is 0.257 e. The number of carbonyl (C=O) groups excluding carboxylic acids is 2. The van der Waals surface area contributed by atoms with Gasteiger partial charge < -0.3 is 20.1 Å². The van der Waals surface area contributed by atoms with E-state index in [-0.39, 0.29) is 16.9 Å². The highest BCUT2D eigenvalue weighted by atomic mass is 32.1. The number of thiocarbonyl (C=S) groups is 1. The molecule has 0 saturated carbocycles. The summed E-state index contributed by atoms with van der Waals surface area (Å²) in [5.41, 5.74) is 2.18. The van der Waals surface area contributed by atoms with E-state index in [1.807, 2.05) is 37.3 Å². The van der Waals surface area contributed by atoms with Gasteiger partial charge >= 0.3 is 0 Å². The molecular weight excluding hydrogens is 438 g/mol. The Labute approximate surface area is 198 Å². The molecule has 0 aliphatic heterocycles. The fraction of sp³-hybridized carbons (Fsp3) is 0.160. The van der Waals surface area contributed by atoms with Crippen LogP contribution in [-0.2, 0) is 4.74 Å². The van der Waals surface area contributed by atoms with E-state index in [0.29, 0.717) is 48.1 Å². The second kappa shape index (κ2) is 12.3. The van der Waals surface area contributed by atoms with Crippen molar-refractivity contribution < 1.29 is 19.1 Å². The number of rotatable bonds is 9. The number of carbonyl (C=O) groups is 2. The van der Waals surface area contributed by atoms with Crippen LogP contribution in [0.2, 0.25) is 0 Å². The Hall–Kier alpha value is -3.75. The molecule has 0 spiro atoms. The number of benzene rings is 3. The molecule has 2 amide bonds.